The number of esters is 1. The zero-order valence-electron chi connectivity index (χ0n) is 15.1. The molecule has 0 fully saturated rings. The molecule has 0 aliphatic rings. The van der Waals surface area contributed by atoms with Crippen molar-refractivity contribution in [2.24, 2.45) is 0 Å². The summed E-state index contributed by atoms with van der Waals surface area (Å²) in [5, 5.41) is 2.44. The first kappa shape index (κ1) is 21.6. The van der Waals surface area contributed by atoms with Gasteiger partial charge in [0.25, 0.3) is 5.91 Å². The summed E-state index contributed by atoms with van der Waals surface area (Å²) in [5.41, 5.74) is 0.125. The van der Waals surface area contributed by atoms with Crippen molar-refractivity contribution in [3.63, 3.8) is 0 Å². The second-order valence-corrected chi connectivity index (χ2v) is 7.71. The molecule has 1 amide bonds. The number of nitrogens with one attached hydrogen (secondary N) is 1. The topological polar surface area (TPSA) is 119 Å². The minimum absolute atomic E-state index is 0.0305. The molecule has 0 heterocycles. The predicted molar refractivity (Wildman–Crippen MR) is 93.4 cm³/mol. The third-order valence-electron chi connectivity index (χ3n) is 3.27. The van der Waals surface area contributed by atoms with Crippen LogP contribution in [-0.2, 0) is 29.1 Å². The van der Waals surface area contributed by atoms with Crippen LogP contribution in [0.3, 0.4) is 0 Å². The van der Waals surface area contributed by atoms with E-state index in [4.69, 9.17) is 9.47 Å². The largest absolute Gasteiger partial charge is 0.495 e. The van der Waals surface area contributed by atoms with Crippen LogP contribution in [0.2, 0.25) is 0 Å². The molecule has 10 heteroatoms. The Balaban J connectivity index is 2.83. The van der Waals surface area contributed by atoms with Crippen LogP contribution in [0.4, 0.5) is 5.69 Å². The van der Waals surface area contributed by atoms with Gasteiger partial charge >= 0.3 is 5.97 Å². The summed E-state index contributed by atoms with van der Waals surface area (Å²) >= 11 is 0. The van der Waals surface area contributed by atoms with Crippen LogP contribution in [0, 0.1) is 0 Å². The Hall–Kier alpha value is -2.46. The number of hydrogen-bond acceptors (Lipinski definition) is 7. The van der Waals surface area contributed by atoms with Gasteiger partial charge in [-0.1, -0.05) is 0 Å². The molecule has 0 atom stereocenters. The highest BCUT2D eigenvalue weighted by atomic mass is 32.2. The Labute approximate surface area is 152 Å². The first-order valence-corrected chi connectivity index (χ1v) is 9.07. The van der Waals surface area contributed by atoms with E-state index in [1.54, 1.807) is 0 Å². The molecule has 0 aromatic heterocycles. The average Bonchev–Trinajstić information content (AvgIpc) is 2.57. The molecular weight excluding hydrogens is 364 g/mol. The average molecular weight is 386 g/mol. The van der Waals surface area contributed by atoms with Gasteiger partial charge in [-0.15, -0.1) is 0 Å². The van der Waals surface area contributed by atoms with E-state index in [2.05, 4.69) is 5.32 Å². The molecule has 1 N–H and O–H groups in total. The molecule has 144 valence electrons. The summed E-state index contributed by atoms with van der Waals surface area (Å²) in [6.45, 7) is 0.783. The van der Waals surface area contributed by atoms with E-state index in [1.165, 1.54) is 46.3 Å². The lowest BCUT2D eigenvalue weighted by Crippen LogP contribution is -2.23. The van der Waals surface area contributed by atoms with Crippen molar-refractivity contribution in [1.82, 2.24) is 4.31 Å². The zero-order chi connectivity index (χ0) is 19.9. The summed E-state index contributed by atoms with van der Waals surface area (Å²) in [6.07, 6.45) is -0.0682. The molecule has 1 rings (SSSR count). The second-order valence-electron chi connectivity index (χ2n) is 5.56. The third kappa shape index (κ3) is 6.12. The third-order valence-corrected chi connectivity index (χ3v) is 5.08. The molecule has 1 aromatic rings. The van der Waals surface area contributed by atoms with Gasteiger partial charge in [0.15, 0.2) is 6.61 Å². The number of rotatable bonds is 9. The number of anilines is 1. The van der Waals surface area contributed by atoms with Crippen molar-refractivity contribution in [2.45, 2.75) is 24.7 Å². The van der Waals surface area contributed by atoms with E-state index >= 15 is 0 Å². The summed E-state index contributed by atoms with van der Waals surface area (Å²) in [6, 6.07) is 4.01. The molecule has 0 saturated heterocycles. The summed E-state index contributed by atoms with van der Waals surface area (Å²) in [5.74, 6) is -1.25. The van der Waals surface area contributed by atoms with Crippen molar-refractivity contribution in [3.05, 3.63) is 18.2 Å². The predicted octanol–water partition coefficient (Wildman–Crippen LogP) is 0.796. The van der Waals surface area contributed by atoms with Crippen LogP contribution >= 0.6 is 0 Å². The van der Waals surface area contributed by atoms with Gasteiger partial charge in [0.05, 0.1) is 24.1 Å². The maximum absolute atomic E-state index is 12.2. The highest BCUT2D eigenvalue weighted by Crippen LogP contribution is 2.28. The number of Topliss-reactive ketones (excluding diaryl/α,β-unsaturated/α-hetero) is 1. The molecule has 0 aliphatic heterocycles. The van der Waals surface area contributed by atoms with Gasteiger partial charge in [-0.3, -0.25) is 9.59 Å². The quantitative estimate of drug-likeness (QED) is 0.623. The fourth-order valence-electron chi connectivity index (χ4n) is 1.84. The normalized spacial score (nSPS) is 11.1. The van der Waals surface area contributed by atoms with Crippen LogP contribution in [-0.4, -0.2) is 58.2 Å². The number of methoxy groups -OCH3 is 1. The minimum Gasteiger partial charge on any atom is -0.495 e. The van der Waals surface area contributed by atoms with Crippen LogP contribution in [0.1, 0.15) is 19.8 Å². The molecule has 0 radical (unpaired) electrons. The highest BCUT2D eigenvalue weighted by Gasteiger charge is 2.20. The summed E-state index contributed by atoms with van der Waals surface area (Å²) in [4.78, 5) is 34.1. The lowest BCUT2D eigenvalue weighted by molar-refractivity contribution is -0.148. The highest BCUT2D eigenvalue weighted by molar-refractivity contribution is 7.89. The SMILES string of the molecule is COc1ccc(S(=O)(=O)N(C)C)cc1NC(=O)COC(=O)CCC(C)=O. The van der Waals surface area contributed by atoms with Gasteiger partial charge in [-0.2, -0.15) is 0 Å². The summed E-state index contributed by atoms with van der Waals surface area (Å²) < 4.78 is 35.3. The molecule has 0 bridgehead atoms. The van der Waals surface area contributed by atoms with E-state index in [0.717, 1.165) is 4.31 Å². The first-order chi connectivity index (χ1) is 12.1. The number of benzene rings is 1. The molecule has 0 spiro atoms. The number of amides is 1. The Kier molecular flexibility index (Phi) is 7.72. The van der Waals surface area contributed by atoms with Crippen molar-refractivity contribution >= 4 is 33.4 Å². The first-order valence-electron chi connectivity index (χ1n) is 7.63. The van der Waals surface area contributed by atoms with E-state index < -0.39 is 28.5 Å². The molecule has 9 nitrogen and oxygen atoms in total. The van der Waals surface area contributed by atoms with Crippen molar-refractivity contribution in [2.75, 3.05) is 33.1 Å². The second kappa shape index (κ2) is 9.30. The molecule has 0 saturated carbocycles. The molecule has 0 unspecified atom stereocenters. The Morgan fingerprint density at radius 3 is 2.35 bits per heavy atom. The van der Waals surface area contributed by atoms with E-state index in [9.17, 15) is 22.8 Å². The standard InChI is InChI=1S/C16H22N2O7S/c1-11(19)5-8-16(21)25-10-15(20)17-13-9-12(6-7-14(13)24-4)26(22,23)18(2)3/h6-7,9H,5,8,10H2,1-4H3,(H,17,20). The van der Waals surface area contributed by atoms with Crippen LogP contribution in [0.15, 0.2) is 23.1 Å². The van der Waals surface area contributed by atoms with Gasteiger partial charge in [-0.25, -0.2) is 12.7 Å². The zero-order valence-corrected chi connectivity index (χ0v) is 15.9. The van der Waals surface area contributed by atoms with Crippen molar-refractivity contribution in [3.8, 4) is 5.75 Å². The van der Waals surface area contributed by atoms with E-state index in [-0.39, 0.29) is 35.0 Å². The summed E-state index contributed by atoms with van der Waals surface area (Å²) in [7, 11) is 0.450. The lowest BCUT2D eigenvalue weighted by atomic mass is 10.2. The Bertz CT molecular complexity index is 788. The van der Waals surface area contributed by atoms with Gasteiger partial charge in [0.1, 0.15) is 11.5 Å². The number of hydrogen-bond donors (Lipinski definition) is 1. The lowest BCUT2D eigenvalue weighted by Gasteiger charge is -2.15. The smallest absolute Gasteiger partial charge is 0.306 e. The molecule has 0 aliphatic carbocycles. The maximum Gasteiger partial charge on any atom is 0.306 e. The van der Waals surface area contributed by atoms with E-state index in [1.807, 2.05) is 0 Å². The number of ketones is 1. The van der Waals surface area contributed by atoms with E-state index in [0.29, 0.717) is 0 Å². The number of carbonyl (C=O) groups is 3. The fourth-order valence-corrected chi connectivity index (χ4v) is 2.77. The van der Waals surface area contributed by atoms with Gasteiger partial charge in [0.2, 0.25) is 10.0 Å². The Morgan fingerprint density at radius 2 is 1.81 bits per heavy atom. The maximum atomic E-state index is 12.2. The molecule has 1 aromatic carbocycles. The fraction of sp³-hybridized carbons (Fsp3) is 0.438. The van der Waals surface area contributed by atoms with Crippen LogP contribution < -0.4 is 10.1 Å². The van der Waals surface area contributed by atoms with Gasteiger partial charge in [-0.05, 0) is 25.1 Å². The molecule has 26 heavy (non-hydrogen) atoms. The Morgan fingerprint density at radius 1 is 1.15 bits per heavy atom. The number of nitrogens with zero attached hydrogens (tertiary/aromatic N) is 1. The van der Waals surface area contributed by atoms with Crippen LogP contribution in [0.5, 0.6) is 5.75 Å². The monoisotopic (exact) mass is 386 g/mol. The number of sulfonamides is 1. The van der Waals surface area contributed by atoms with Gasteiger partial charge in [0, 0.05) is 20.5 Å². The van der Waals surface area contributed by atoms with Gasteiger partial charge < -0.3 is 19.6 Å². The van der Waals surface area contributed by atoms with Crippen molar-refractivity contribution < 1.29 is 32.3 Å². The molecular formula is C16H22N2O7S. The van der Waals surface area contributed by atoms with Crippen LogP contribution in [0.25, 0.3) is 0 Å². The number of carbonyl (C=O) groups excluding carboxylic acids is 3. The number of ether oxygens (including phenoxy) is 2. The minimum atomic E-state index is -3.69. The van der Waals surface area contributed by atoms with Crippen molar-refractivity contribution in [1.29, 1.82) is 0 Å².